The molecule has 120 valence electrons. The van der Waals surface area contributed by atoms with Crippen molar-refractivity contribution in [2.45, 2.75) is 64.7 Å². The summed E-state index contributed by atoms with van der Waals surface area (Å²) in [6, 6.07) is -0.530. The van der Waals surface area contributed by atoms with Gasteiger partial charge in [-0.15, -0.1) is 0 Å². The molecule has 0 radical (unpaired) electrons. The Kier molecular flexibility index (Phi) is 7.40. The zero-order chi connectivity index (χ0) is 15.8. The van der Waals surface area contributed by atoms with Crippen LogP contribution in [-0.2, 0) is 9.59 Å². The lowest BCUT2D eigenvalue weighted by molar-refractivity contribution is -0.147. The van der Waals surface area contributed by atoms with Crippen molar-refractivity contribution in [1.82, 2.24) is 9.80 Å². The van der Waals surface area contributed by atoms with Crippen LogP contribution in [0.5, 0.6) is 0 Å². The summed E-state index contributed by atoms with van der Waals surface area (Å²) < 4.78 is 0. The predicted molar refractivity (Wildman–Crippen MR) is 81.7 cm³/mol. The number of unbranched alkanes of at least 4 members (excludes halogenated alkanes) is 7. The van der Waals surface area contributed by atoms with Crippen molar-refractivity contribution in [2.75, 3.05) is 14.1 Å². The highest BCUT2D eigenvalue weighted by molar-refractivity contribution is 6.15. The van der Waals surface area contributed by atoms with Crippen molar-refractivity contribution in [2.24, 2.45) is 5.92 Å². The van der Waals surface area contributed by atoms with E-state index in [9.17, 15) is 14.4 Å². The van der Waals surface area contributed by atoms with Crippen LogP contribution in [0.25, 0.3) is 0 Å². The van der Waals surface area contributed by atoms with Gasteiger partial charge >= 0.3 is 6.03 Å². The number of urea groups is 1. The lowest BCUT2D eigenvalue weighted by atomic mass is 9.96. The average Bonchev–Trinajstić information content (AvgIpc) is 2.49. The molecule has 5 heteroatoms. The summed E-state index contributed by atoms with van der Waals surface area (Å²) >= 11 is 0. The maximum absolute atomic E-state index is 12.0. The summed E-state index contributed by atoms with van der Waals surface area (Å²) in [6.45, 7) is 2.21. The van der Waals surface area contributed by atoms with Gasteiger partial charge in [0.15, 0.2) is 0 Å². The van der Waals surface area contributed by atoms with Crippen LogP contribution in [0.4, 0.5) is 4.79 Å². The first-order valence-electron chi connectivity index (χ1n) is 8.09. The van der Waals surface area contributed by atoms with Gasteiger partial charge in [-0.1, -0.05) is 58.3 Å². The topological polar surface area (TPSA) is 57.7 Å². The molecule has 0 aromatic rings. The van der Waals surface area contributed by atoms with Crippen LogP contribution < -0.4 is 0 Å². The minimum atomic E-state index is -0.669. The Labute approximate surface area is 127 Å². The minimum Gasteiger partial charge on any atom is -0.273 e. The van der Waals surface area contributed by atoms with Gasteiger partial charge in [-0.2, -0.15) is 0 Å². The second-order valence-corrected chi connectivity index (χ2v) is 5.89. The Balaban J connectivity index is 2.26. The van der Waals surface area contributed by atoms with E-state index in [1.807, 2.05) is 0 Å². The fourth-order valence-electron chi connectivity index (χ4n) is 2.72. The number of carbonyl (C=O) groups is 3. The monoisotopic (exact) mass is 296 g/mol. The fraction of sp³-hybridized carbons (Fsp3) is 0.812. The van der Waals surface area contributed by atoms with Crippen molar-refractivity contribution >= 4 is 17.8 Å². The molecule has 0 aromatic carbocycles. The first kappa shape index (κ1) is 17.7. The summed E-state index contributed by atoms with van der Waals surface area (Å²) in [7, 11) is 2.88. The summed E-state index contributed by atoms with van der Waals surface area (Å²) in [4.78, 5) is 37.7. The molecular formula is C16H28N2O3. The Morgan fingerprint density at radius 2 is 1.19 bits per heavy atom. The second kappa shape index (κ2) is 8.80. The van der Waals surface area contributed by atoms with Gasteiger partial charge in [0.25, 0.3) is 0 Å². The SMILES string of the molecule is CCCCCCCCCCC1C(=O)N(C)C(=O)N(C)C1=O. The predicted octanol–water partition coefficient (Wildman–Crippen LogP) is 3.18. The molecule has 1 aliphatic heterocycles. The fourth-order valence-corrected chi connectivity index (χ4v) is 2.72. The van der Waals surface area contributed by atoms with E-state index in [0.717, 1.165) is 29.1 Å². The second-order valence-electron chi connectivity index (χ2n) is 5.89. The molecule has 0 saturated carbocycles. The smallest absolute Gasteiger partial charge is 0.273 e. The molecule has 5 nitrogen and oxygen atoms in total. The molecule has 4 amide bonds. The Morgan fingerprint density at radius 1 is 0.762 bits per heavy atom. The van der Waals surface area contributed by atoms with Crippen molar-refractivity contribution in [1.29, 1.82) is 0 Å². The van der Waals surface area contributed by atoms with Crippen LogP contribution >= 0.6 is 0 Å². The number of nitrogens with zero attached hydrogens (tertiary/aromatic N) is 2. The molecule has 1 aliphatic rings. The molecule has 0 aliphatic carbocycles. The lowest BCUT2D eigenvalue weighted by Gasteiger charge is -2.32. The molecule has 0 N–H and O–H groups in total. The third-order valence-electron chi connectivity index (χ3n) is 4.18. The highest BCUT2D eigenvalue weighted by atomic mass is 16.2. The first-order valence-corrected chi connectivity index (χ1v) is 8.09. The zero-order valence-electron chi connectivity index (χ0n) is 13.6. The van der Waals surface area contributed by atoms with Gasteiger partial charge in [0, 0.05) is 14.1 Å². The van der Waals surface area contributed by atoms with Gasteiger partial charge in [0.1, 0.15) is 5.92 Å². The van der Waals surface area contributed by atoms with Crippen molar-refractivity contribution in [3.8, 4) is 0 Å². The first-order chi connectivity index (χ1) is 10.0. The third kappa shape index (κ3) is 4.83. The molecule has 1 saturated heterocycles. The number of barbiturate groups is 1. The van der Waals surface area contributed by atoms with Gasteiger partial charge in [-0.25, -0.2) is 4.79 Å². The summed E-state index contributed by atoms with van der Waals surface area (Å²) in [6.07, 6.45) is 9.98. The van der Waals surface area contributed by atoms with Gasteiger partial charge in [0.05, 0.1) is 0 Å². The Bertz CT molecular complexity index is 358. The standard InChI is InChI=1S/C16H28N2O3/c1-4-5-6-7-8-9-10-11-12-13-14(19)17(2)16(21)18(3)15(13)20/h13H,4-12H2,1-3H3. The molecule has 0 aromatic heterocycles. The van der Waals surface area contributed by atoms with Gasteiger partial charge in [-0.3, -0.25) is 19.4 Å². The third-order valence-corrected chi connectivity index (χ3v) is 4.18. The molecule has 0 bridgehead atoms. The largest absolute Gasteiger partial charge is 0.332 e. The number of imide groups is 2. The van der Waals surface area contributed by atoms with E-state index in [4.69, 9.17) is 0 Å². The summed E-state index contributed by atoms with van der Waals surface area (Å²) in [5.41, 5.74) is 0. The number of rotatable bonds is 9. The van der Waals surface area contributed by atoms with Gasteiger partial charge in [-0.05, 0) is 6.42 Å². The quantitative estimate of drug-likeness (QED) is 0.485. The number of hydrogen-bond donors (Lipinski definition) is 0. The van der Waals surface area contributed by atoms with E-state index in [1.165, 1.54) is 46.2 Å². The van der Waals surface area contributed by atoms with Crippen molar-refractivity contribution < 1.29 is 14.4 Å². The zero-order valence-corrected chi connectivity index (χ0v) is 13.6. The highest BCUT2D eigenvalue weighted by Gasteiger charge is 2.41. The van der Waals surface area contributed by atoms with Crippen LogP contribution in [0.2, 0.25) is 0 Å². The molecule has 0 atom stereocenters. The van der Waals surface area contributed by atoms with E-state index >= 15 is 0 Å². The minimum absolute atomic E-state index is 0.356. The van der Waals surface area contributed by atoms with E-state index in [-0.39, 0.29) is 11.8 Å². The van der Waals surface area contributed by atoms with Crippen LogP contribution in [0, 0.1) is 5.92 Å². The van der Waals surface area contributed by atoms with Crippen LogP contribution in [0.3, 0.4) is 0 Å². The maximum Gasteiger partial charge on any atom is 0.332 e. The van der Waals surface area contributed by atoms with Gasteiger partial charge in [0.2, 0.25) is 11.8 Å². The molecule has 1 rings (SSSR count). The van der Waals surface area contributed by atoms with E-state index in [0.29, 0.717) is 6.42 Å². The number of carbonyl (C=O) groups excluding carboxylic acids is 3. The van der Waals surface area contributed by atoms with Crippen LogP contribution in [0.15, 0.2) is 0 Å². The molecule has 0 unspecified atom stereocenters. The van der Waals surface area contributed by atoms with Crippen LogP contribution in [0.1, 0.15) is 64.7 Å². The van der Waals surface area contributed by atoms with Crippen molar-refractivity contribution in [3.63, 3.8) is 0 Å². The van der Waals surface area contributed by atoms with Crippen molar-refractivity contribution in [3.05, 3.63) is 0 Å². The van der Waals surface area contributed by atoms with E-state index in [1.54, 1.807) is 0 Å². The molecule has 21 heavy (non-hydrogen) atoms. The highest BCUT2D eigenvalue weighted by Crippen LogP contribution is 2.21. The lowest BCUT2D eigenvalue weighted by Crippen LogP contribution is -2.56. The Hall–Kier alpha value is -1.39. The normalized spacial score (nSPS) is 17.0. The van der Waals surface area contributed by atoms with Gasteiger partial charge < -0.3 is 0 Å². The summed E-state index contributed by atoms with van der Waals surface area (Å²) in [5, 5.41) is 0. The average molecular weight is 296 g/mol. The molecule has 0 spiro atoms. The number of amides is 4. The Morgan fingerprint density at radius 3 is 1.67 bits per heavy atom. The number of hydrogen-bond acceptors (Lipinski definition) is 3. The maximum atomic E-state index is 12.0. The molecule has 1 heterocycles. The van der Waals surface area contributed by atoms with E-state index in [2.05, 4.69) is 6.92 Å². The molecular weight excluding hydrogens is 268 g/mol. The summed E-state index contributed by atoms with van der Waals surface area (Å²) in [5.74, 6) is -1.38. The van der Waals surface area contributed by atoms with Crippen LogP contribution in [-0.4, -0.2) is 41.7 Å². The van der Waals surface area contributed by atoms with E-state index < -0.39 is 11.9 Å². The molecule has 1 fully saturated rings.